The van der Waals surface area contributed by atoms with E-state index in [9.17, 15) is 0 Å². The molecule has 0 radical (unpaired) electrons. The number of nitrogens with two attached hydrogens (primary N) is 1. The highest BCUT2D eigenvalue weighted by molar-refractivity contribution is 5.81. The van der Waals surface area contributed by atoms with Gasteiger partial charge in [0.25, 0.3) is 0 Å². The van der Waals surface area contributed by atoms with Crippen LogP contribution in [0.1, 0.15) is 46.0 Å². The molecule has 0 aliphatic heterocycles. The number of rotatable bonds is 2. The van der Waals surface area contributed by atoms with Crippen molar-refractivity contribution in [3.63, 3.8) is 0 Å². The van der Waals surface area contributed by atoms with Gasteiger partial charge in [-0.15, -0.1) is 0 Å². The summed E-state index contributed by atoms with van der Waals surface area (Å²) in [5, 5.41) is 0. The first kappa shape index (κ1) is 14.1. The highest BCUT2D eigenvalue weighted by atomic mass is 15.1. The maximum absolute atomic E-state index is 5.90. The molecule has 0 spiro atoms. The van der Waals surface area contributed by atoms with Crippen molar-refractivity contribution in [1.82, 2.24) is 9.55 Å². The molecule has 0 saturated carbocycles. The first-order valence-corrected chi connectivity index (χ1v) is 6.85. The van der Waals surface area contributed by atoms with Gasteiger partial charge < -0.3 is 10.3 Å². The van der Waals surface area contributed by atoms with Crippen molar-refractivity contribution in [3.8, 4) is 0 Å². The Morgan fingerprint density at radius 2 is 1.79 bits per heavy atom. The summed E-state index contributed by atoms with van der Waals surface area (Å²) in [5.74, 6) is 1.06. The van der Waals surface area contributed by atoms with E-state index in [1.807, 2.05) is 0 Å². The smallest absolute Gasteiger partial charge is 0.116 e. The molecule has 0 fully saturated rings. The molecule has 2 aromatic rings. The fourth-order valence-electron chi connectivity index (χ4n) is 2.57. The van der Waals surface area contributed by atoms with E-state index in [1.54, 1.807) is 0 Å². The molecule has 104 valence electrons. The summed E-state index contributed by atoms with van der Waals surface area (Å²) in [6, 6.07) is 6.37. The molecule has 0 unspecified atom stereocenters. The van der Waals surface area contributed by atoms with Crippen LogP contribution in [-0.2, 0) is 17.9 Å². The van der Waals surface area contributed by atoms with Gasteiger partial charge >= 0.3 is 0 Å². The van der Waals surface area contributed by atoms with Gasteiger partial charge in [-0.1, -0.05) is 46.8 Å². The minimum absolute atomic E-state index is 0.108. The van der Waals surface area contributed by atoms with E-state index in [2.05, 4.69) is 64.4 Å². The number of benzene rings is 1. The zero-order valence-electron chi connectivity index (χ0n) is 12.9. The lowest BCUT2D eigenvalue weighted by molar-refractivity contribution is 0.486. The van der Waals surface area contributed by atoms with Crippen LogP contribution in [0.3, 0.4) is 0 Å². The normalized spacial score (nSPS) is 13.2. The van der Waals surface area contributed by atoms with E-state index in [-0.39, 0.29) is 10.8 Å². The van der Waals surface area contributed by atoms with Crippen molar-refractivity contribution in [1.29, 1.82) is 0 Å². The van der Waals surface area contributed by atoms with Gasteiger partial charge in [-0.25, -0.2) is 4.98 Å². The third-order valence-corrected chi connectivity index (χ3v) is 3.82. The van der Waals surface area contributed by atoms with E-state index in [0.29, 0.717) is 6.54 Å². The van der Waals surface area contributed by atoms with Crippen molar-refractivity contribution in [3.05, 3.63) is 29.6 Å². The van der Waals surface area contributed by atoms with Gasteiger partial charge in [0.05, 0.1) is 11.0 Å². The van der Waals surface area contributed by atoms with Crippen LogP contribution in [0.4, 0.5) is 0 Å². The molecule has 3 nitrogen and oxygen atoms in total. The number of nitrogens with zero attached hydrogens (tertiary/aromatic N) is 2. The van der Waals surface area contributed by atoms with Crippen LogP contribution in [0.15, 0.2) is 18.2 Å². The van der Waals surface area contributed by atoms with Gasteiger partial charge in [0.15, 0.2) is 0 Å². The molecular formula is C16H25N3. The minimum atomic E-state index is -0.108. The number of fused-ring (bicyclic) bond motifs is 1. The molecule has 1 heterocycles. The summed E-state index contributed by atoms with van der Waals surface area (Å²) in [6.45, 7) is 11.6. The van der Waals surface area contributed by atoms with Crippen LogP contribution in [0.2, 0.25) is 0 Å². The summed E-state index contributed by atoms with van der Waals surface area (Å²) in [6.07, 6.45) is 0. The second-order valence-corrected chi connectivity index (χ2v) is 7.01. The van der Waals surface area contributed by atoms with Gasteiger partial charge in [0, 0.05) is 19.0 Å². The molecule has 1 aromatic heterocycles. The Bertz CT molecular complexity index is 600. The van der Waals surface area contributed by atoms with Gasteiger partial charge in [0.1, 0.15) is 5.82 Å². The molecule has 0 saturated heterocycles. The lowest BCUT2D eigenvalue weighted by Gasteiger charge is -2.23. The van der Waals surface area contributed by atoms with E-state index < -0.39 is 0 Å². The predicted octanol–water partition coefficient (Wildman–Crippen LogP) is 3.11. The Labute approximate surface area is 115 Å². The summed E-state index contributed by atoms with van der Waals surface area (Å²) < 4.78 is 2.21. The summed E-state index contributed by atoms with van der Waals surface area (Å²) in [7, 11) is 2.09. The average molecular weight is 259 g/mol. The van der Waals surface area contributed by atoms with Crippen molar-refractivity contribution in [2.24, 2.45) is 12.8 Å². The van der Waals surface area contributed by atoms with Crippen LogP contribution < -0.4 is 5.73 Å². The van der Waals surface area contributed by atoms with E-state index >= 15 is 0 Å². The van der Waals surface area contributed by atoms with Crippen LogP contribution >= 0.6 is 0 Å². The van der Waals surface area contributed by atoms with E-state index in [1.165, 1.54) is 11.1 Å². The molecule has 0 atom stereocenters. The summed E-state index contributed by atoms with van der Waals surface area (Å²) >= 11 is 0. The molecular weight excluding hydrogens is 234 g/mol. The SMILES string of the molecule is Cn1c(C(C)(C)CN)nc2cccc(C(C)(C)C)c21. The number of aryl methyl sites for hydroxylation is 1. The average Bonchev–Trinajstić information content (AvgIpc) is 2.66. The van der Waals surface area contributed by atoms with Crippen LogP contribution in [0, 0.1) is 0 Å². The Morgan fingerprint density at radius 1 is 1.16 bits per heavy atom. The van der Waals surface area contributed by atoms with E-state index in [0.717, 1.165) is 11.3 Å². The zero-order chi connectivity index (χ0) is 14.4. The van der Waals surface area contributed by atoms with Crippen LogP contribution in [-0.4, -0.2) is 16.1 Å². The molecule has 19 heavy (non-hydrogen) atoms. The Kier molecular flexibility index (Phi) is 3.21. The van der Waals surface area contributed by atoms with Crippen LogP contribution in [0.25, 0.3) is 11.0 Å². The Morgan fingerprint density at radius 3 is 2.32 bits per heavy atom. The third-order valence-electron chi connectivity index (χ3n) is 3.82. The van der Waals surface area contributed by atoms with Gasteiger partial charge in [-0.2, -0.15) is 0 Å². The largest absolute Gasteiger partial charge is 0.330 e. The fourth-order valence-corrected chi connectivity index (χ4v) is 2.57. The summed E-state index contributed by atoms with van der Waals surface area (Å²) in [4.78, 5) is 4.81. The monoisotopic (exact) mass is 259 g/mol. The second kappa shape index (κ2) is 4.34. The number of imidazole rings is 1. The molecule has 2 N–H and O–H groups in total. The third kappa shape index (κ3) is 2.27. The molecule has 1 aromatic carbocycles. The molecule has 0 amide bonds. The first-order chi connectivity index (χ1) is 8.68. The molecule has 0 aliphatic carbocycles. The molecule has 3 heteroatoms. The standard InChI is InChI=1S/C16H25N3/c1-15(2,3)11-8-7-9-12-13(11)19(6)14(18-12)16(4,5)10-17/h7-9H,10,17H2,1-6H3. The van der Waals surface area contributed by atoms with Crippen molar-refractivity contribution < 1.29 is 0 Å². The maximum atomic E-state index is 5.90. The number of aromatic nitrogens is 2. The quantitative estimate of drug-likeness (QED) is 0.900. The number of hydrogen-bond acceptors (Lipinski definition) is 2. The molecule has 2 rings (SSSR count). The highest BCUT2D eigenvalue weighted by Crippen LogP contribution is 2.32. The van der Waals surface area contributed by atoms with Gasteiger partial charge in [-0.05, 0) is 17.0 Å². The molecule has 0 bridgehead atoms. The van der Waals surface area contributed by atoms with Gasteiger partial charge in [-0.3, -0.25) is 0 Å². The number of para-hydroxylation sites is 1. The van der Waals surface area contributed by atoms with Crippen molar-refractivity contribution >= 4 is 11.0 Å². The maximum Gasteiger partial charge on any atom is 0.116 e. The van der Waals surface area contributed by atoms with Crippen molar-refractivity contribution in [2.75, 3.05) is 6.54 Å². The highest BCUT2D eigenvalue weighted by Gasteiger charge is 2.27. The topological polar surface area (TPSA) is 43.8 Å². The summed E-state index contributed by atoms with van der Waals surface area (Å²) in [5.41, 5.74) is 9.52. The predicted molar refractivity (Wildman–Crippen MR) is 81.5 cm³/mol. The fraction of sp³-hybridized carbons (Fsp3) is 0.562. The molecule has 0 aliphatic rings. The lowest BCUT2D eigenvalue weighted by Crippen LogP contribution is -2.31. The van der Waals surface area contributed by atoms with E-state index in [4.69, 9.17) is 10.7 Å². The lowest BCUT2D eigenvalue weighted by atomic mass is 9.86. The first-order valence-electron chi connectivity index (χ1n) is 6.85. The second-order valence-electron chi connectivity index (χ2n) is 7.01. The zero-order valence-corrected chi connectivity index (χ0v) is 12.9. The number of hydrogen-bond donors (Lipinski definition) is 1. The van der Waals surface area contributed by atoms with Crippen LogP contribution in [0.5, 0.6) is 0 Å². The van der Waals surface area contributed by atoms with Gasteiger partial charge in [0.2, 0.25) is 0 Å². The van der Waals surface area contributed by atoms with Crippen molar-refractivity contribution in [2.45, 2.75) is 45.4 Å². The Balaban J connectivity index is 2.79. The minimum Gasteiger partial charge on any atom is -0.330 e. The Hall–Kier alpha value is -1.35.